The quantitative estimate of drug-likeness (QED) is 0.817. The van der Waals surface area contributed by atoms with Crippen molar-refractivity contribution in [3.8, 4) is 0 Å². The summed E-state index contributed by atoms with van der Waals surface area (Å²) in [7, 11) is 0. The van der Waals surface area contributed by atoms with E-state index in [1.807, 2.05) is 0 Å². The molecule has 0 atom stereocenters. The van der Waals surface area contributed by atoms with Crippen LogP contribution in [-0.4, -0.2) is 22.2 Å². The van der Waals surface area contributed by atoms with Crippen LogP contribution in [0.25, 0.3) is 0 Å². The molecule has 0 aromatic heterocycles. The SMILES string of the molecule is O=C(O)CC(=CCc1ccc(C(F)(F)F)cc1)C(=O)O. The maximum Gasteiger partial charge on any atom is 0.416 e. The Balaban J connectivity index is 2.82. The Bertz CT molecular complexity index is 530. The van der Waals surface area contributed by atoms with Crippen LogP contribution in [0.1, 0.15) is 17.5 Å². The summed E-state index contributed by atoms with van der Waals surface area (Å²) in [6.07, 6.45) is -3.84. The lowest BCUT2D eigenvalue weighted by molar-refractivity contribution is -0.139. The molecular formula is C13H11F3O4. The molecule has 0 saturated carbocycles. The molecule has 0 radical (unpaired) electrons. The fourth-order valence-corrected chi connectivity index (χ4v) is 1.47. The van der Waals surface area contributed by atoms with E-state index in [4.69, 9.17) is 10.2 Å². The molecule has 1 aromatic carbocycles. The number of hydrogen-bond donors (Lipinski definition) is 2. The van der Waals surface area contributed by atoms with Crippen LogP contribution < -0.4 is 0 Å². The number of aliphatic carboxylic acids is 2. The monoisotopic (exact) mass is 288 g/mol. The highest BCUT2D eigenvalue weighted by atomic mass is 19.4. The molecule has 4 nitrogen and oxygen atoms in total. The molecule has 20 heavy (non-hydrogen) atoms. The number of allylic oxidation sites excluding steroid dienone is 1. The number of halogens is 3. The van der Waals surface area contributed by atoms with E-state index in [0.717, 1.165) is 12.1 Å². The topological polar surface area (TPSA) is 74.6 Å². The first kappa shape index (κ1) is 15.7. The molecule has 1 aromatic rings. The van der Waals surface area contributed by atoms with Crippen molar-refractivity contribution in [3.05, 3.63) is 47.0 Å². The minimum Gasteiger partial charge on any atom is -0.481 e. The van der Waals surface area contributed by atoms with Gasteiger partial charge in [0, 0.05) is 5.57 Å². The standard InChI is InChI=1S/C13H11F3O4/c14-13(15,16)10-5-2-8(3-6-10)1-4-9(12(19)20)7-11(17)18/h2-6H,1,7H2,(H,17,18)(H,19,20). The first-order valence-corrected chi connectivity index (χ1v) is 5.50. The largest absolute Gasteiger partial charge is 0.481 e. The second kappa shape index (κ2) is 6.23. The lowest BCUT2D eigenvalue weighted by atomic mass is 10.1. The van der Waals surface area contributed by atoms with Crippen molar-refractivity contribution >= 4 is 11.9 Å². The second-order valence-corrected chi connectivity index (χ2v) is 4.00. The summed E-state index contributed by atoms with van der Waals surface area (Å²) in [4.78, 5) is 21.2. The van der Waals surface area contributed by atoms with Crippen LogP contribution in [0.2, 0.25) is 0 Å². The van der Waals surface area contributed by atoms with Gasteiger partial charge in [0.1, 0.15) is 0 Å². The normalized spacial score (nSPS) is 12.2. The molecule has 0 heterocycles. The van der Waals surface area contributed by atoms with Gasteiger partial charge in [0.25, 0.3) is 0 Å². The minimum atomic E-state index is -4.43. The van der Waals surface area contributed by atoms with Crippen LogP contribution in [0.5, 0.6) is 0 Å². The maximum absolute atomic E-state index is 12.3. The fourth-order valence-electron chi connectivity index (χ4n) is 1.47. The molecule has 0 saturated heterocycles. The zero-order valence-corrected chi connectivity index (χ0v) is 10.1. The van der Waals surface area contributed by atoms with Gasteiger partial charge in [-0.3, -0.25) is 4.79 Å². The van der Waals surface area contributed by atoms with Crippen LogP contribution in [0, 0.1) is 0 Å². The molecule has 2 N–H and O–H groups in total. The van der Waals surface area contributed by atoms with Crippen molar-refractivity contribution in [2.45, 2.75) is 19.0 Å². The Kier molecular flexibility index (Phi) is 4.90. The second-order valence-electron chi connectivity index (χ2n) is 4.00. The molecule has 0 aliphatic rings. The van der Waals surface area contributed by atoms with Crippen molar-refractivity contribution < 1.29 is 33.0 Å². The van der Waals surface area contributed by atoms with E-state index in [1.165, 1.54) is 18.2 Å². The molecule has 0 fully saturated rings. The smallest absolute Gasteiger partial charge is 0.416 e. The maximum atomic E-state index is 12.3. The number of carboxylic acid groups (broad SMARTS) is 2. The van der Waals surface area contributed by atoms with Crippen LogP contribution in [0.4, 0.5) is 13.2 Å². The van der Waals surface area contributed by atoms with Crippen molar-refractivity contribution in [2.75, 3.05) is 0 Å². The molecule has 1 rings (SSSR count). The van der Waals surface area contributed by atoms with Gasteiger partial charge in [0.2, 0.25) is 0 Å². The van der Waals surface area contributed by atoms with Crippen molar-refractivity contribution in [3.63, 3.8) is 0 Å². The van der Waals surface area contributed by atoms with Gasteiger partial charge in [-0.2, -0.15) is 13.2 Å². The molecule has 0 aliphatic heterocycles. The highest BCUT2D eigenvalue weighted by Gasteiger charge is 2.29. The van der Waals surface area contributed by atoms with Gasteiger partial charge in [0.15, 0.2) is 0 Å². The van der Waals surface area contributed by atoms with Crippen LogP contribution in [0.3, 0.4) is 0 Å². The Morgan fingerprint density at radius 3 is 2.05 bits per heavy atom. The molecule has 0 spiro atoms. The lowest BCUT2D eigenvalue weighted by Crippen LogP contribution is -2.07. The van der Waals surface area contributed by atoms with Crippen LogP contribution in [0.15, 0.2) is 35.9 Å². The molecule has 0 amide bonds. The summed E-state index contributed by atoms with van der Waals surface area (Å²) in [5.41, 5.74) is -0.645. The van der Waals surface area contributed by atoms with E-state index in [0.29, 0.717) is 5.56 Å². The minimum absolute atomic E-state index is 0.0487. The summed E-state index contributed by atoms with van der Waals surface area (Å²) >= 11 is 0. The van der Waals surface area contributed by atoms with Gasteiger partial charge in [-0.05, 0) is 24.1 Å². The molecule has 7 heteroatoms. The summed E-state index contributed by atoms with van der Waals surface area (Å²) in [5, 5.41) is 17.3. The van der Waals surface area contributed by atoms with E-state index in [1.54, 1.807) is 0 Å². The van der Waals surface area contributed by atoms with E-state index in [2.05, 4.69) is 0 Å². The predicted molar refractivity (Wildman–Crippen MR) is 63.1 cm³/mol. The van der Waals surface area contributed by atoms with Crippen LogP contribution in [-0.2, 0) is 22.2 Å². The number of carbonyl (C=O) groups is 2. The van der Waals surface area contributed by atoms with Gasteiger partial charge in [0.05, 0.1) is 12.0 Å². The average Bonchev–Trinajstić information content (AvgIpc) is 2.33. The van der Waals surface area contributed by atoms with Crippen molar-refractivity contribution in [2.24, 2.45) is 0 Å². The highest BCUT2D eigenvalue weighted by Crippen LogP contribution is 2.29. The molecule has 0 bridgehead atoms. The Hall–Kier alpha value is -2.31. The van der Waals surface area contributed by atoms with Gasteiger partial charge in [-0.25, -0.2) is 4.79 Å². The fraction of sp³-hybridized carbons (Fsp3) is 0.231. The van der Waals surface area contributed by atoms with Gasteiger partial charge < -0.3 is 10.2 Å². The van der Waals surface area contributed by atoms with E-state index >= 15 is 0 Å². The third-order valence-electron chi connectivity index (χ3n) is 2.48. The van der Waals surface area contributed by atoms with Gasteiger partial charge in [-0.15, -0.1) is 0 Å². The number of carboxylic acids is 2. The Labute approximate surface area is 112 Å². The van der Waals surface area contributed by atoms with Crippen molar-refractivity contribution in [1.82, 2.24) is 0 Å². The highest BCUT2D eigenvalue weighted by molar-refractivity contribution is 5.92. The number of alkyl halides is 3. The van der Waals surface area contributed by atoms with Gasteiger partial charge in [-0.1, -0.05) is 18.2 Å². The number of hydrogen-bond acceptors (Lipinski definition) is 2. The number of benzene rings is 1. The molecule has 108 valence electrons. The van der Waals surface area contributed by atoms with E-state index < -0.39 is 30.1 Å². The first-order chi connectivity index (χ1) is 9.20. The first-order valence-electron chi connectivity index (χ1n) is 5.50. The summed E-state index contributed by atoms with van der Waals surface area (Å²) < 4.78 is 37.0. The molecular weight excluding hydrogens is 277 g/mol. The third-order valence-corrected chi connectivity index (χ3v) is 2.48. The Morgan fingerprint density at radius 2 is 1.65 bits per heavy atom. The number of rotatable bonds is 5. The van der Waals surface area contributed by atoms with E-state index in [9.17, 15) is 22.8 Å². The molecule has 0 unspecified atom stereocenters. The summed E-state index contributed by atoms with van der Waals surface area (Å²) in [6.45, 7) is 0. The Morgan fingerprint density at radius 1 is 1.10 bits per heavy atom. The lowest BCUT2D eigenvalue weighted by Gasteiger charge is -2.06. The average molecular weight is 288 g/mol. The predicted octanol–water partition coefficient (Wildman–Crippen LogP) is 2.73. The van der Waals surface area contributed by atoms with Crippen molar-refractivity contribution in [1.29, 1.82) is 0 Å². The summed E-state index contributed by atoms with van der Waals surface area (Å²) in [6, 6.07) is 4.22. The third kappa shape index (κ3) is 4.75. The summed E-state index contributed by atoms with van der Waals surface area (Å²) in [5.74, 6) is -2.65. The zero-order chi connectivity index (χ0) is 15.3. The zero-order valence-electron chi connectivity index (χ0n) is 10.1. The van der Waals surface area contributed by atoms with Crippen LogP contribution >= 0.6 is 0 Å². The van der Waals surface area contributed by atoms with Gasteiger partial charge >= 0.3 is 18.1 Å². The molecule has 0 aliphatic carbocycles. The van der Waals surface area contributed by atoms with E-state index in [-0.39, 0.29) is 12.0 Å².